The van der Waals surface area contributed by atoms with Crippen molar-refractivity contribution >= 4 is 35.7 Å². The molecular weight excluding hydrogens is 352 g/mol. The normalized spacial score (nSPS) is 15.7. The molecule has 1 aliphatic rings. The highest BCUT2D eigenvalue weighted by Gasteiger charge is 2.22. The van der Waals surface area contributed by atoms with Gasteiger partial charge in [0.2, 0.25) is 5.91 Å². The van der Waals surface area contributed by atoms with E-state index in [9.17, 15) is 9.59 Å². The van der Waals surface area contributed by atoms with Gasteiger partial charge in [-0.2, -0.15) is 0 Å². The maximum Gasteiger partial charge on any atom is 0.319 e. The summed E-state index contributed by atoms with van der Waals surface area (Å²) < 4.78 is 0. The molecule has 4 N–H and O–H groups in total. The Bertz CT molecular complexity index is 589. The van der Waals surface area contributed by atoms with Crippen LogP contribution in [0.4, 0.5) is 16.2 Å². The largest absolute Gasteiger partial charge is 0.336 e. The van der Waals surface area contributed by atoms with Crippen molar-refractivity contribution in [2.24, 2.45) is 11.8 Å². The zero-order chi connectivity index (χ0) is 18.2. The number of carbonyl (C=O) groups is 2. The molecule has 1 aromatic rings. The minimum Gasteiger partial charge on any atom is -0.336 e. The smallest absolute Gasteiger partial charge is 0.319 e. The van der Waals surface area contributed by atoms with E-state index in [0.717, 1.165) is 25.9 Å². The van der Waals surface area contributed by atoms with Gasteiger partial charge in [0.25, 0.3) is 0 Å². The number of hydrogen-bond donors (Lipinski definition) is 4. The van der Waals surface area contributed by atoms with Gasteiger partial charge in [-0.05, 0) is 63.7 Å². The predicted molar refractivity (Wildman–Crippen MR) is 109 cm³/mol. The fourth-order valence-electron chi connectivity index (χ4n) is 3.20. The number of amides is 3. The standard InChI is InChI=1S/C19H30N4O2.ClH/c1-13(2)21-19(25)23-17-7-5-4-6-16(17)22-18(24)12-14(3)15-8-10-20-11-9-15;/h4-7,13-15,20H,8-12H2,1-3H3,(H,22,24)(H2,21,23,25);1H. The van der Waals surface area contributed by atoms with Crippen molar-refractivity contribution in [1.29, 1.82) is 0 Å². The molecule has 0 saturated carbocycles. The monoisotopic (exact) mass is 382 g/mol. The second-order valence-electron chi connectivity index (χ2n) is 7.12. The molecule has 6 nitrogen and oxygen atoms in total. The van der Waals surface area contributed by atoms with Crippen LogP contribution < -0.4 is 21.3 Å². The number of para-hydroxylation sites is 2. The Labute approximate surface area is 162 Å². The van der Waals surface area contributed by atoms with E-state index in [2.05, 4.69) is 28.2 Å². The van der Waals surface area contributed by atoms with E-state index in [0.29, 0.717) is 29.6 Å². The minimum atomic E-state index is -0.278. The van der Waals surface area contributed by atoms with Crippen LogP contribution in [-0.2, 0) is 4.79 Å². The Kier molecular flexibility index (Phi) is 9.44. The third-order valence-corrected chi connectivity index (χ3v) is 4.57. The highest BCUT2D eigenvalue weighted by molar-refractivity contribution is 5.99. The summed E-state index contributed by atoms with van der Waals surface area (Å²) in [6, 6.07) is 7.03. The van der Waals surface area contributed by atoms with Gasteiger partial charge in [0.1, 0.15) is 0 Å². The number of hydrogen-bond acceptors (Lipinski definition) is 3. The number of carbonyl (C=O) groups excluding carboxylic acids is 2. The average Bonchev–Trinajstić information content (AvgIpc) is 2.56. The lowest BCUT2D eigenvalue weighted by atomic mass is 9.84. The Morgan fingerprint density at radius 1 is 1.08 bits per heavy atom. The van der Waals surface area contributed by atoms with E-state index < -0.39 is 0 Å². The van der Waals surface area contributed by atoms with Crippen molar-refractivity contribution in [1.82, 2.24) is 10.6 Å². The first-order chi connectivity index (χ1) is 12.0. The van der Waals surface area contributed by atoms with Gasteiger partial charge in [-0.1, -0.05) is 19.1 Å². The SMILES string of the molecule is CC(C)NC(=O)Nc1ccccc1NC(=O)CC(C)C1CCNCC1.Cl. The molecule has 0 bridgehead atoms. The first-order valence-corrected chi connectivity index (χ1v) is 9.13. The number of halogens is 1. The van der Waals surface area contributed by atoms with Crippen molar-refractivity contribution in [3.8, 4) is 0 Å². The van der Waals surface area contributed by atoms with Crippen LogP contribution in [0.25, 0.3) is 0 Å². The fourth-order valence-corrected chi connectivity index (χ4v) is 3.20. The molecule has 0 radical (unpaired) electrons. The van der Waals surface area contributed by atoms with Crippen LogP contribution in [0.1, 0.15) is 40.0 Å². The summed E-state index contributed by atoms with van der Waals surface area (Å²) in [6.07, 6.45) is 2.75. The first kappa shape index (κ1) is 22.3. The van der Waals surface area contributed by atoms with Gasteiger partial charge < -0.3 is 21.3 Å². The summed E-state index contributed by atoms with van der Waals surface area (Å²) in [4.78, 5) is 24.3. The number of benzene rings is 1. The molecule has 2 rings (SSSR count). The Hall–Kier alpha value is -1.79. The van der Waals surface area contributed by atoms with Crippen LogP contribution in [-0.4, -0.2) is 31.1 Å². The van der Waals surface area contributed by atoms with Crippen LogP contribution in [0.2, 0.25) is 0 Å². The van der Waals surface area contributed by atoms with E-state index in [1.807, 2.05) is 26.0 Å². The first-order valence-electron chi connectivity index (χ1n) is 9.13. The van der Waals surface area contributed by atoms with Crippen molar-refractivity contribution in [2.45, 2.75) is 46.1 Å². The summed E-state index contributed by atoms with van der Waals surface area (Å²) in [5.41, 5.74) is 1.23. The molecule has 7 heteroatoms. The molecule has 1 unspecified atom stereocenters. The molecule has 1 aliphatic heterocycles. The minimum absolute atomic E-state index is 0. The van der Waals surface area contributed by atoms with Crippen LogP contribution in [0.15, 0.2) is 24.3 Å². The lowest BCUT2D eigenvalue weighted by Gasteiger charge is -2.28. The van der Waals surface area contributed by atoms with Gasteiger partial charge in [0, 0.05) is 12.5 Å². The van der Waals surface area contributed by atoms with E-state index in [1.54, 1.807) is 12.1 Å². The Morgan fingerprint density at radius 2 is 1.65 bits per heavy atom. The summed E-state index contributed by atoms with van der Waals surface area (Å²) in [5.74, 6) is 0.938. The third-order valence-electron chi connectivity index (χ3n) is 4.57. The van der Waals surface area contributed by atoms with Crippen molar-refractivity contribution < 1.29 is 9.59 Å². The molecule has 1 heterocycles. The van der Waals surface area contributed by atoms with Crippen LogP contribution in [0.3, 0.4) is 0 Å². The third kappa shape index (κ3) is 7.22. The lowest BCUT2D eigenvalue weighted by Crippen LogP contribution is -2.34. The predicted octanol–water partition coefficient (Wildman–Crippen LogP) is 3.60. The van der Waals surface area contributed by atoms with Crippen molar-refractivity contribution in [3.05, 3.63) is 24.3 Å². The summed E-state index contributed by atoms with van der Waals surface area (Å²) in [5, 5.41) is 11.9. The highest BCUT2D eigenvalue weighted by Crippen LogP contribution is 2.26. The van der Waals surface area contributed by atoms with E-state index in [4.69, 9.17) is 0 Å². The number of piperidine rings is 1. The molecule has 26 heavy (non-hydrogen) atoms. The van der Waals surface area contributed by atoms with Gasteiger partial charge in [0.05, 0.1) is 11.4 Å². The van der Waals surface area contributed by atoms with Crippen molar-refractivity contribution in [3.63, 3.8) is 0 Å². The molecule has 1 aromatic carbocycles. The van der Waals surface area contributed by atoms with Gasteiger partial charge >= 0.3 is 6.03 Å². The summed E-state index contributed by atoms with van der Waals surface area (Å²) in [7, 11) is 0. The molecule has 1 atom stereocenters. The van der Waals surface area contributed by atoms with Gasteiger partial charge in [-0.3, -0.25) is 4.79 Å². The maximum atomic E-state index is 12.4. The van der Waals surface area contributed by atoms with E-state index in [1.165, 1.54) is 0 Å². The van der Waals surface area contributed by atoms with Crippen LogP contribution in [0.5, 0.6) is 0 Å². The maximum absolute atomic E-state index is 12.4. The van der Waals surface area contributed by atoms with Crippen LogP contribution >= 0.6 is 12.4 Å². The highest BCUT2D eigenvalue weighted by atomic mass is 35.5. The topological polar surface area (TPSA) is 82.3 Å². The summed E-state index contributed by atoms with van der Waals surface area (Å²) in [6.45, 7) is 8.02. The zero-order valence-corrected chi connectivity index (χ0v) is 16.6. The van der Waals surface area contributed by atoms with Gasteiger partial charge in [0.15, 0.2) is 0 Å². The molecule has 146 valence electrons. The fraction of sp³-hybridized carbons (Fsp3) is 0.579. The number of rotatable bonds is 6. The Balaban J connectivity index is 0.00000338. The second-order valence-corrected chi connectivity index (χ2v) is 7.12. The zero-order valence-electron chi connectivity index (χ0n) is 15.8. The molecule has 3 amide bonds. The molecule has 1 fully saturated rings. The van der Waals surface area contributed by atoms with Gasteiger partial charge in [-0.15, -0.1) is 12.4 Å². The molecule has 0 spiro atoms. The summed E-state index contributed by atoms with van der Waals surface area (Å²) >= 11 is 0. The number of nitrogens with one attached hydrogen (secondary N) is 4. The average molecular weight is 383 g/mol. The van der Waals surface area contributed by atoms with Crippen LogP contribution in [0, 0.1) is 11.8 Å². The van der Waals surface area contributed by atoms with Gasteiger partial charge in [-0.25, -0.2) is 4.79 Å². The van der Waals surface area contributed by atoms with E-state index >= 15 is 0 Å². The lowest BCUT2D eigenvalue weighted by molar-refractivity contribution is -0.117. The Morgan fingerprint density at radius 3 is 2.23 bits per heavy atom. The number of urea groups is 1. The van der Waals surface area contributed by atoms with E-state index in [-0.39, 0.29) is 30.4 Å². The molecular formula is C19H31ClN4O2. The quantitative estimate of drug-likeness (QED) is 0.606. The second kappa shape index (κ2) is 11.0. The molecule has 0 aromatic heterocycles. The van der Waals surface area contributed by atoms with Crippen molar-refractivity contribution in [2.75, 3.05) is 23.7 Å². The number of anilines is 2. The molecule has 0 aliphatic carbocycles. The molecule has 1 saturated heterocycles.